The molecule has 1 aromatic rings. The molecule has 1 saturated heterocycles. The Kier molecular flexibility index (Phi) is 7.93. The summed E-state index contributed by atoms with van der Waals surface area (Å²) in [4.78, 5) is 30.6. The lowest BCUT2D eigenvalue weighted by molar-refractivity contribution is -0.903. The van der Waals surface area contributed by atoms with Gasteiger partial charge in [-0.25, -0.2) is 0 Å². The molecule has 0 aliphatic carbocycles. The summed E-state index contributed by atoms with van der Waals surface area (Å²) in [5.41, 5.74) is 0.829. The molecular weight excluding hydrogens is 348 g/mol. The first-order valence-electron chi connectivity index (χ1n) is 9.33. The number of nitrogens with zero attached hydrogens (tertiary/aromatic N) is 1. The Hall–Kier alpha value is -1.57. The number of rotatable bonds is 7. The Morgan fingerprint density at radius 2 is 1.96 bits per heavy atom. The minimum Gasteiger partial charge on any atom is -0.332 e. The van der Waals surface area contributed by atoms with Crippen LogP contribution in [0.25, 0.3) is 0 Å². The zero-order chi connectivity index (χ0) is 19.1. The molecule has 3 N–H and O–H groups in total. The standard InChI is InChI=1S/C19H30N4O2S/c1-5-22-10-12-23(13-11-22)19(25)15(2)21(3)14-18(24)20-16-8-6-7-9-17(16)26-4/h6-9,15H,5,10-14H2,1-4H3,(H,20,24)/p+2/t15-/m0/s1. The van der Waals surface area contributed by atoms with Crippen LogP contribution in [0.4, 0.5) is 5.69 Å². The monoisotopic (exact) mass is 380 g/mol. The van der Waals surface area contributed by atoms with Gasteiger partial charge in [0.15, 0.2) is 12.6 Å². The molecule has 1 fully saturated rings. The highest BCUT2D eigenvalue weighted by atomic mass is 32.2. The van der Waals surface area contributed by atoms with Crippen molar-refractivity contribution in [2.24, 2.45) is 0 Å². The summed E-state index contributed by atoms with van der Waals surface area (Å²) in [5, 5.41) is 2.97. The van der Waals surface area contributed by atoms with Gasteiger partial charge in [0, 0.05) is 4.90 Å². The quantitative estimate of drug-likeness (QED) is 0.532. The van der Waals surface area contributed by atoms with Gasteiger partial charge in [-0.05, 0) is 32.2 Å². The first-order chi connectivity index (χ1) is 12.5. The highest BCUT2D eigenvalue weighted by molar-refractivity contribution is 7.98. The van der Waals surface area contributed by atoms with Crippen LogP contribution in [0.3, 0.4) is 0 Å². The summed E-state index contributed by atoms with van der Waals surface area (Å²) in [5.74, 6) is 0.0823. The maximum absolute atomic E-state index is 12.7. The number of nitrogens with one attached hydrogen (secondary N) is 3. The molecular formula is C19H32N4O2S+2. The number of piperazine rings is 1. The van der Waals surface area contributed by atoms with E-state index in [-0.39, 0.29) is 24.4 Å². The lowest BCUT2D eigenvalue weighted by Crippen LogP contribution is -3.16. The predicted octanol–water partition coefficient (Wildman–Crippen LogP) is -1.00. The fourth-order valence-corrected chi connectivity index (χ4v) is 3.78. The van der Waals surface area contributed by atoms with Gasteiger partial charge in [-0.15, -0.1) is 11.8 Å². The van der Waals surface area contributed by atoms with E-state index in [0.29, 0.717) is 0 Å². The molecule has 26 heavy (non-hydrogen) atoms. The Balaban J connectivity index is 1.86. The summed E-state index contributed by atoms with van der Waals surface area (Å²) in [7, 11) is 1.91. The molecule has 2 rings (SSSR count). The molecule has 0 aromatic heterocycles. The number of carbonyl (C=O) groups is 2. The Labute approximate surface area is 160 Å². The second kappa shape index (κ2) is 9.94. The Morgan fingerprint density at radius 1 is 1.31 bits per heavy atom. The van der Waals surface area contributed by atoms with Crippen molar-refractivity contribution in [3.05, 3.63) is 24.3 Å². The van der Waals surface area contributed by atoms with Gasteiger partial charge in [0.2, 0.25) is 0 Å². The minimum atomic E-state index is -0.222. The zero-order valence-electron chi connectivity index (χ0n) is 16.3. The van der Waals surface area contributed by atoms with Gasteiger partial charge < -0.3 is 20.0 Å². The fourth-order valence-electron chi connectivity index (χ4n) is 3.23. The molecule has 0 radical (unpaired) electrons. The van der Waals surface area contributed by atoms with Crippen molar-refractivity contribution in [3.63, 3.8) is 0 Å². The first-order valence-corrected chi connectivity index (χ1v) is 10.6. The average Bonchev–Trinajstić information content (AvgIpc) is 2.67. The smallest absolute Gasteiger partial charge is 0.280 e. The van der Waals surface area contributed by atoms with Gasteiger partial charge in [-0.1, -0.05) is 12.1 Å². The predicted molar refractivity (Wildman–Crippen MR) is 106 cm³/mol. The number of anilines is 1. The number of hydrogen-bond donors (Lipinski definition) is 3. The van der Waals surface area contributed by atoms with Crippen LogP contribution in [0.1, 0.15) is 13.8 Å². The van der Waals surface area contributed by atoms with Crippen LogP contribution in [0.15, 0.2) is 29.2 Å². The average molecular weight is 381 g/mol. The Morgan fingerprint density at radius 3 is 2.58 bits per heavy atom. The number of amides is 2. The van der Waals surface area contributed by atoms with Crippen molar-refractivity contribution in [3.8, 4) is 0 Å². The molecule has 0 bridgehead atoms. The number of benzene rings is 1. The van der Waals surface area contributed by atoms with E-state index >= 15 is 0 Å². The third kappa shape index (κ3) is 5.46. The molecule has 2 amide bonds. The minimum absolute atomic E-state index is 0.0658. The highest BCUT2D eigenvalue weighted by Gasteiger charge is 2.31. The summed E-state index contributed by atoms with van der Waals surface area (Å²) in [6.07, 6.45) is 1.99. The summed E-state index contributed by atoms with van der Waals surface area (Å²) >= 11 is 1.60. The third-order valence-corrected chi connectivity index (χ3v) is 6.01. The second-order valence-electron chi connectivity index (χ2n) is 6.92. The van der Waals surface area contributed by atoms with E-state index in [1.807, 2.05) is 49.4 Å². The van der Waals surface area contributed by atoms with E-state index in [0.717, 1.165) is 48.2 Å². The van der Waals surface area contributed by atoms with Crippen molar-refractivity contribution in [1.82, 2.24) is 4.90 Å². The van der Waals surface area contributed by atoms with Crippen molar-refractivity contribution < 1.29 is 19.4 Å². The van der Waals surface area contributed by atoms with E-state index in [2.05, 4.69) is 12.2 Å². The van der Waals surface area contributed by atoms with Crippen LogP contribution in [0, 0.1) is 0 Å². The van der Waals surface area contributed by atoms with Gasteiger partial charge in [0.1, 0.15) is 0 Å². The topological polar surface area (TPSA) is 58.3 Å². The third-order valence-electron chi connectivity index (χ3n) is 5.21. The van der Waals surface area contributed by atoms with Crippen LogP contribution in [0.5, 0.6) is 0 Å². The molecule has 1 aliphatic rings. The van der Waals surface area contributed by atoms with Crippen LogP contribution >= 0.6 is 11.8 Å². The van der Waals surface area contributed by atoms with Gasteiger partial charge in [0.05, 0.1) is 45.5 Å². The van der Waals surface area contributed by atoms with E-state index < -0.39 is 0 Å². The molecule has 1 aliphatic heterocycles. The summed E-state index contributed by atoms with van der Waals surface area (Å²) in [6, 6.07) is 7.54. The molecule has 1 aromatic carbocycles. The molecule has 6 nitrogen and oxygen atoms in total. The summed E-state index contributed by atoms with van der Waals surface area (Å²) < 4.78 is 0. The lowest BCUT2D eigenvalue weighted by Gasteiger charge is -2.33. The molecule has 144 valence electrons. The molecule has 0 spiro atoms. The molecule has 1 unspecified atom stereocenters. The first kappa shape index (κ1) is 20.7. The van der Waals surface area contributed by atoms with Gasteiger partial charge >= 0.3 is 0 Å². The molecule has 7 heteroatoms. The number of carbonyl (C=O) groups excluding carboxylic acids is 2. The van der Waals surface area contributed by atoms with Crippen molar-refractivity contribution >= 4 is 29.3 Å². The van der Waals surface area contributed by atoms with Gasteiger partial charge in [-0.3, -0.25) is 9.59 Å². The maximum atomic E-state index is 12.7. The van der Waals surface area contributed by atoms with Crippen LogP contribution < -0.4 is 15.1 Å². The fraction of sp³-hybridized carbons (Fsp3) is 0.579. The van der Waals surface area contributed by atoms with Crippen LogP contribution in [0.2, 0.25) is 0 Å². The van der Waals surface area contributed by atoms with E-state index in [1.165, 1.54) is 0 Å². The number of para-hydroxylation sites is 1. The number of thioether (sulfide) groups is 1. The molecule has 2 atom stereocenters. The molecule has 1 heterocycles. The number of hydrogen-bond acceptors (Lipinski definition) is 3. The molecule has 0 saturated carbocycles. The zero-order valence-corrected chi connectivity index (χ0v) is 17.1. The largest absolute Gasteiger partial charge is 0.332 e. The van der Waals surface area contributed by atoms with Crippen molar-refractivity contribution in [2.75, 3.05) is 57.9 Å². The van der Waals surface area contributed by atoms with Gasteiger partial charge in [-0.2, -0.15) is 0 Å². The Bertz CT molecular complexity index is 617. The van der Waals surface area contributed by atoms with E-state index in [9.17, 15) is 9.59 Å². The van der Waals surface area contributed by atoms with Crippen LogP contribution in [-0.4, -0.2) is 75.3 Å². The van der Waals surface area contributed by atoms with Crippen molar-refractivity contribution in [1.29, 1.82) is 0 Å². The van der Waals surface area contributed by atoms with E-state index in [1.54, 1.807) is 16.7 Å². The highest BCUT2D eigenvalue weighted by Crippen LogP contribution is 2.24. The normalized spacial score (nSPS) is 17.6. The van der Waals surface area contributed by atoms with E-state index in [4.69, 9.17) is 0 Å². The number of likely N-dealkylation sites (N-methyl/N-ethyl adjacent to an activating group) is 2. The van der Waals surface area contributed by atoms with Crippen molar-refractivity contribution in [2.45, 2.75) is 24.8 Å². The SMILES string of the molecule is CC[NH+]1CCN(C(=O)[C@H](C)[NH+](C)CC(=O)Nc2ccccc2SC)CC1. The summed E-state index contributed by atoms with van der Waals surface area (Å²) in [6.45, 7) is 9.14. The van der Waals surface area contributed by atoms with Gasteiger partial charge in [0.25, 0.3) is 11.8 Å². The van der Waals surface area contributed by atoms with Crippen LogP contribution in [-0.2, 0) is 9.59 Å². The number of quaternary nitrogens is 2. The maximum Gasteiger partial charge on any atom is 0.280 e. The lowest BCUT2D eigenvalue weighted by atomic mass is 10.2. The second-order valence-corrected chi connectivity index (χ2v) is 7.77.